The number of unbranched alkanes of at least 4 members (excludes halogenated alkanes) is 1. The predicted molar refractivity (Wildman–Crippen MR) is 57.1 cm³/mol. The highest BCUT2D eigenvalue weighted by atomic mass is 16.3. The van der Waals surface area contributed by atoms with Crippen LogP contribution >= 0.6 is 0 Å². The minimum absolute atomic E-state index is 0.0357. The van der Waals surface area contributed by atoms with Crippen LogP contribution in [0, 0.1) is 0 Å². The molecule has 0 radical (unpaired) electrons. The first-order chi connectivity index (χ1) is 6.70. The van der Waals surface area contributed by atoms with E-state index in [2.05, 4.69) is 17.6 Å². The first-order valence-corrected chi connectivity index (χ1v) is 5.30. The van der Waals surface area contributed by atoms with Crippen molar-refractivity contribution < 1.29 is 9.90 Å². The zero-order valence-corrected chi connectivity index (χ0v) is 9.18. The van der Waals surface area contributed by atoms with Crippen molar-refractivity contribution in [3.05, 3.63) is 0 Å². The summed E-state index contributed by atoms with van der Waals surface area (Å²) in [6, 6.07) is 0. The summed E-state index contributed by atoms with van der Waals surface area (Å²) in [5.74, 6) is 0.0357. The van der Waals surface area contributed by atoms with Gasteiger partial charge in [-0.05, 0) is 19.9 Å². The fourth-order valence-corrected chi connectivity index (χ4v) is 1.13. The summed E-state index contributed by atoms with van der Waals surface area (Å²) in [6.07, 6.45) is 2.62. The Labute approximate surface area is 86.1 Å². The van der Waals surface area contributed by atoms with E-state index in [0.29, 0.717) is 19.4 Å². The van der Waals surface area contributed by atoms with Crippen LogP contribution in [0.1, 0.15) is 32.6 Å². The third-order valence-electron chi connectivity index (χ3n) is 2.00. The molecule has 0 aromatic heterocycles. The van der Waals surface area contributed by atoms with Gasteiger partial charge in [-0.1, -0.05) is 13.3 Å². The Morgan fingerprint density at radius 1 is 1.50 bits per heavy atom. The van der Waals surface area contributed by atoms with Crippen molar-refractivity contribution in [2.24, 2.45) is 0 Å². The average Bonchev–Trinajstić information content (AvgIpc) is 2.16. The Balaban J connectivity index is 3.34. The summed E-state index contributed by atoms with van der Waals surface area (Å²) in [4.78, 5) is 11.2. The van der Waals surface area contributed by atoms with E-state index in [1.54, 1.807) is 7.05 Å². The molecular formula is C10H22N2O2. The maximum absolute atomic E-state index is 11.2. The SMILES string of the molecule is CCCCNC(=O)CCC(O)CNC. The second-order valence-electron chi connectivity index (χ2n) is 3.45. The zero-order valence-electron chi connectivity index (χ0n) is 9.18. The molecule has 0 aromatic carbocycles. The Morgan fingerprint density at radius 3 is 2.79 bits per heavy atom. The highest BCUT2D eigenvalue weighted by Gasteiger charge is 2.06. The van der Waals surface area contributed by atoms with Gasteiger partial charge in [-0.2, -0.15) is 0 Å². The monoisotopic (exact) mass is 202 g/mol. The van der Waals surface area contributed by atoms with Gasteiger partial charge >= 0.3 is 0 Å². The van der Waals surface area contributed by atoms with Gasteiger partial charge in [-0.15, -0.1) is 0 Å². The van der Waals surface area contributed by atoms with Crippen molar-refractivity contribution >= 4 is 5.91 Å². The Hall–Kier alpha value is -0.610. The maximum atomic E-state index is 11.2. The quantitative estimate of drug-likeness (QED) is 0.495. The molecule has 0 heterocycles. The molecule has 0 aromatic rings. The number of aliphatic hydroxyl groups excluding tert-OH is 1. The van der Waals surface area contributed by atoms with Gasteiger partial charge in [0.05, 0.1) is 6.10 Å². The molecule has 0 fully saturated rings. The summed E-state index contributed by atoms with van der Waals surface area (Å²) in [6.45, 7) is 3.38. The van der Waals surface area contributed by atoms with Crippen LogP contribution in [0.15, 0.2) is 0 Å². The van der Waals surface area contributed by atoms with E-state index < -0.39 is 6.10 Å². The minimum Gasteiger partial charge on any atom is -0.392 e. The first kappa shape index (κ1) is 13.4. The number of rotatable bonds is 8. The Bertz CT molecular complexity index is 151. The standard InChI is InChI=1S/C10H22N2O2/c1-3-4-7-12-10(14)6-5-9(13)8-11-2/h9,11,13H,3-8H2,1-2H3,(H,12,14). The van der Waals surface area contributed by atoms with Crippen LogP contribution in [0.4, 0.5) is 0 Å². The van der Waals surface area contributed by atoms with Gasteiger partial charge in [0, 0.05) is 19.5 Å². The topological polar surface area (TPSA) is 61.4 Å². The minimum atomic E-state index is -0.420. The lowest BCUT2D eigenvalue weighted by Gasteiger charge is -2.09. The highest BCUT2D eigenvalue weighted by Crippen LogP contribution is 1.95. The molecular weight excluding hydrogens is 180 g/mol. The van der Waals surface area contributed by atoms with E-state index in [-0.39, 0.29) is 5.91 Å². The van der Waals surface area contributed by atoms with Crippen LogP contribution in [-0.2, 0) is 4.79 Å². The maximum Gasteiger partial charge on any atom is 0.220 e. The number of hydrogen-bond acceptors (Lipinski definition) is 3. The van der Waals surface area contributed by atoms with Crippen molar-refractivity contribution in [3.8, 4) is 0 Å². The van der Waals surface area contributed by atoms with Gasteiger partial charge < -0.3 is 15.7 Å². The number of carbonyl (C=O) groups is 1. The second kappa shape index (κ2) is 8.97. The number of nitrogens with one attached hydrogen (secondary N) is 2. The van der Waals surface area contributed by atoms with E-state index in [4.69, 9.17) is 0 Å². The van der Waals surface area contributed by atoms with E-state index >= 15 is 0 Å². The lowest BCUT2D eigenvalue weighted by atomic mass is 10.2. The van der Waals surface area contributed by atoms with Gasteiger partial charge in [-0.25, -0.2) is 0 Å². The van der Waals surface area contributed by atoms with Gasteiger partial charge in [0.25, 0.3) is 0 Å². The van der Waals surface area contributed by atoms with Crippen LogP contribution in [0.3, 0.4) is 0 Å². The van der Waals surface area contributed by atoms with Crippen molar-refractivity contribution in [2.45, 2.75) is 38.7 Å². The Morgan fingerprint density at radius 2 is 2.21 bits per heavy atom. The summed E-state index contributed by atoms with van der Waals surface area (Å²) in [5.41, 5.74) is 0. The highest BCUT2D eigenvalue weighted by molar-refractivity contribution is 5.75. The summed E-state index contributed by atoms with van der Waals surface area (Å²) < 4.78 is 0. The largest absolute Gasteiger partial charge is 0.392 e. The molecule has 0 rings (SSSR count). The van der Waals surface area contributed by atoms with E-state index in [1.807, 2.05) is 0 Å². The zero-order chi connectivity index (χ0) is 10.8. The first-order valence-electron chi connectivity index (χ1n) is 5.30. The normalized spacial score (nSPS) is 12.5. The molecule has 84 valence electrons. The summed E-state index contributed by atoms with van der Waals surface area (Å²) in [7, 11) is 1.78. The van der Waals surface area contributed by atoms with Gasteiger partial charge in [-0.3, -0.25) is 4.79 Å². The second-order valence-corrected chi connectivity index (χ2v) is 3.45. The average molecular weight is 202 g/mol. The van der Waals surface area contributed by atoms with Crippen molar-refractivity contribution in [1.82, 2.24) is 10.6 Å². The number of likely N-dealkylation sites (N-methyl/N-ethyl adjacent to an activating group) is 1. The number of amides is 1. The van der Waals surface area contributed by atoms with Crippen LogP contribution < -0.4 is 10.6 Å². The fourth-order valence-electron chi connectivity index (χ4n) is 1.13. The van der Waals surface area contributed by atoms with Crippen LogP contribution in [0.25, 0.3) is 0 Å². The predicted octanol–water partition coefficient (Wildman–Crippen LogP) is 0.263. The molecule has 4 heteroatoms. The molecule has 0 aliphatic rings. The van der Waals surface area contributed by atoms with Crippen LogP contribution in [0.5, 0.6) is 0 Å². The smallest absolute Gasteiger partial charge is 0.220 e. The van der Waals surface area contributed by atoms with Gasteiger partial charge in [0.2, 0.25) is 5.91 Å². The van der Waals surface area contributed by atoms with Crippen LogP contribution in [0.2, 0.25) is 0 Å². The van der Waals surface area contributed by atoms with E-state index in [1.165, 1.54) is 0 Å². The number of carbonyl (C=O) groups excluding carboxylic acids is 1. The molecule has 14 heavy (non-hydrogen) atoms. The van der Waals surface area contributed by atoms with Gasteiger partial charge in [0.1, 0.15) is 0 Å². The Kier molecular flexibility index (Phi) is 8.57. The fraction of sp³-hybridized carbons (Fsp3) is 0.900. The molecule has 0 saturated carbocycles. The molecule has 0 aliphatic carbocycles. The van der Waals surface area contributed by atoms with E-state index in [0.717, 1.165) is 19.4 Å². The molecule has 1 amide bonds. The molecule has 1 unspecified atom stereocenters. The van der Waals surface area contributed by atoms with Crippen molar-refractivity contribution in [3.63, 3.8) is 0 Å². The summed E-state index contributed by atoms with van der Waals surface area (Å²) >= 11 is 0. The number of hydrogen-bond donors (Lipinski definition) is 3. The molecule has 0 bridgehead atoms. The molecule has 0 saturated heterocycles. The lowest BCUT2D eigenvalue weighted by Crippen LogP contribution is -2.28. The van der Waals surface area contributed by atoms with E-state index in [9.17, 15) is 9.90 Å². The number of aliphatic hydroxyl groups is 1. The molecule has 4 nitrogen and oxygen atoms in total. The van der Waals surface area contributed by atoms with Crippen molar-refractivity contribution in [1.29, 1.82) is 0 Å². The van der Waals surface area contributed by atoms with Crippen LogP contribution in [-0.4, -0.2) is 37.3 Å². The third kappa shape index (κ3) is 8.01. The summed E-state index contributed by atoms with van der Waals surface area (Å²) in [5, 5.41) is 15.0. The third-order valence-corrected chi connectivity index (χ3v) is 2.00. The van der Waals surface area contributed by atoms with Gasteiger partial charge in [0.15, 0.2) is 0 Å². The lowest BCUT2D eigenvalue weighted by molar-refractivity contribution is -0.121. The molecule has 1 atom stereocenters. The van der Waals surface area contributed by atoms with Crippen molar-refractivity contribution in [2.75, 3.05) is 20.1 Å². The molecule has 0 spiro atoms. The molecule has 3 N–H and O–H groups in total. The molecule has 0 aliphatic heterocycles.